The molecule has 2 aromatic rings. The summed E-state index contributed by atoms with van der Waals surface area (Å²) in [6.07, 6.45) is 4.93. The predicted molar refractivity (Wildman–Crippen MR) is 131 cm³/mol. The van der Waals surface area contributed by atoms with E-state index >= 15 is 0 Å². The molecule has 7 nitrogen and oxygen atoms in total. The number of fused-ring (bicyclic) bond motifs is 2. The van der Waals surface area contributed by atoms with Gasteiger partial charge in [0.15, 0.2) is 0 Å². The highest BCUT2D eigenvalue weighted by molar-refractivity contribution is 5.97. The van der Waals surface area contributed by atoms with E-state index in [4.69, 9.17) is 9.84 Å². The monoisotopic (exact) mass is 476 g/mol. The van der Waals surface area contributed by atoms with Crippen molar-refractivity contribution >= 4 is 23.5 Å². The van der Waals surface area contributed by atoms with Gasteiger partial charge in [0, 0.05) is 30.1 Å². The highest BCUT2D eigenvalue weighted by Gasteiger charge is 2.51. The number of anilines is 1. The molecule has 0 aromatic heterocycles. The van der Waals surface area contributed by atoms with Crippen LogP contribution in [0.15, 0.2) is 48.5 Å². The largest absolute Gasteiger partial charge is 0.497 e. The summed E-state index contributed by atoms with van der Waals surface area (Å²) in [5.74, 6) is -0.0614. The lowest BCUT2D eigenvalue weighted by molar-refractivity contribution is -0.142. The van der Waals surface area contributed by atoms with Crippen molar-refractivity contribution in [2.24, 2.45) is 5.92 Å². The minimum atomic E-state index is -0.952. The SMILES string of the molecule is COc1ccc(CC(=O)N2c3ccccc3[C@H](N(C(=O)CCC(=O)O)C3CC3)[C@H]3CCC[C@H]32)cc1. The van der Waals surface area contributed by atoms with Crippen LogP contribution in [0.1, 0.15) is 62.1 Å². The molecule has 2 aromatic carbocycles. The van der Waals surface area contributed by atoms with E-state index in [0.29, 0.717) is 6.42 Å². The number of methoxy groups -OCH3 is 1. The van der Waals surface area contributed by atoms with Crippen LogP contribution in [-0.4, -0.2) is 47.0 Å². The van der Waals surface area contributed by atoms with E-state index in [1.807, 2.05) is 58.3 Å². The Bertz CT molecular complexity index is 1110. The maximum atomic E-state index is 13.7. The number of rotatable bonds is 8. The molecular weight excluding hydrogens is 444 g/mol. The Morgan fingerprint density at radius 3 is 2.43 bits per heavy atom. The fraction of sp³-hybridized carbons (Fsp3) is 0.464. The Kier molecular flexibility index (Phi) is 6.50. The second-order valence-electron chi connectivity index (χ2n) is 9.88. The van der Waals surface area contributed by atoms with E-state index in [9.17, 15) is 14.4 Å². The standard InChI is InChI=1S/C28H32N2O5/c1-35-20-13-9-18(10-14-20)17-26(32)30-23-7-3-2-5-21(23)28(22-6-4-8-24(22)30)29(19-11-12-19)25(31)15-16-27(33)34/h2-3,5,7,9-10,13-14,19,22,24,28H,4,6,8,11-12,15-17H2,1H3,(H,33,34)/t22-,24+,28-/m0/s1. The van der Waals surface area contributed by atoms with Crippen molar-refractivity contribution in [3.05, 3.63) is 59.7 Å². The second-order valence-corrected chi connectivity index (χ2v) is 9.88. The Balaban J connectivity index is 1.48. The van der Waals surface area contributed by atoms with Gasteiger partial charge in [-0.05, 0) is 55.0 Å². The van der Waals surface area contributed by atoms with Gasteiger partial charge in [0.05, 0.1) is 26.0 Å². The molecule has 1 N–H and O–H groups in total. The van der Waals surface area contributed by atoms with Crippen LogP contribution < -0.4 is 9.64 Å². The van der Waals surface area contributed by atoms with Gasteiger partial charge in [0.25, 0.3) is 0 Å². The number of ether oxygens (including phenoxy) is 1. The summed E-state index contributed by atoms with van der Waals surface area (Å²) in [4.78, 5) is 42.1. The lowest BCUT2D eigenvalue weighted by Crippen LogP contribution is -2.53. The fourth-order valence-corrected chi connectivity index (χ4v) is 5.98. The van der Waals surface area contributed by atoms with E-state index in [0.717, 1.165) is 54.7 Å². The smallest absolute Gasteiger partial charge is 0.303 e. The quantitative estimate of drug-likeness (QED) is 0.612. The molecule has 2 aliphatic carbocycles. The Labute approximate surface area is 205 Å². The molecule has 0 unspecified atom stereocenters. The van der Waals surface area contributed by atoms with Crippen LogP contribution >= 0.6 is 0 Å². The number of amides is 2. The van der Waals surface area contributed by atoms with Crippen molar-refractivity contribution in [3.8, 4) is 5.75 Å². The van der Waals surface area contributed by atoms with Gasteiger partial charge in [-0.25, -0.2) is 0 Å². The van der Waals surface area contributed by atoms with Gasteiger partial charge < -0.3 is 19.6 Å². The molecular formula is C28H32N2O5. The van der Waals surface area contributed by atoms with Crippen molar-refractivity contribution in [1.29, 1.82) is 0 Å². The van der Waals surface area contributed by atoms with E-state index in [1.165, 1.54) is 0 Å². The van der Waals surface area contributed by atoms with Crippen LogP contribution in [0.5, 0.6) is 5.75 Å². The third-order valence-corrected chi connectivity index (χ3v) is 7.65. The number of hydrogen-bond donors (Lipinski definition) is 1. The molecule has 3 atom stereocenters. The van der Waals surface area contributed by atoms with Gasteiger partial charge >= 0.3 is 5.97 Å². The molecule has 7 heteroatoms. The molecule has 2 fully saturated rings. The fourth-order valence-electron chi connectivity index (χ4n) is 5.98. The molecule has 184 valence electrons. The maximum Gasteiger partial charge on any atom is 0.303 e. The van der Waals surface area contributed by atoms with E-state index < -0.39 is 5.97 Å². The van der Waals surface area contributed by atoms with E-state index in [2.05, 4.69) is 0 Å². The van der Waals surface area contributed by atoms with Crippen molar-refractivity contribution in [1.82, 2.24) is 4.90 Å². The average Bonchev–Trinajstić information content (AvgIpc) is 3.58. The molecule has 0 bridgehead atoms. The lowest BCUT2D eigenvalue weighted by atomic mass is 9.81. The van der Waals surface area contributed by atoms with Gasteiger partial charge in [-0.15, -0.1) is 0 Å². The number of hydrogen-bond acceptors (Lipinski definition) is 4. The molecule has 1 heterocycles. The molecule has 35 heavy (non-hydrogen) atoms. The summed E-state index contributed by atoms with van der Waals surface area (Å²) in [5, 5.41) is 9.14. The zero-order chi connectivity index (χ0) is 24.5. The normalized spacial score (nSPS) is 22.8. The molecule has 2 saturated carbocycles. The van der Waals surface area contributed by atoms with E-state index in [1.54, 1.807) is 7.11 Å². The van der Waals surface area contributed by atoms with Gasteiger partial charge in [-0.3, -0.25) is 14.4 Å². The Hall–Kier alpha value is -3.35. The minimum absolute atomic E-state index is 0.0159. The van der Waals surface area contributed by atoms with Crippen LogP contribution in [0.2, 0.25) is 0 Å². The third-order valence-electron chi connectivity index (χ3n) is 7.65. The zero-order valence-electron chi connectivity index (χ0n) is 20.1. The first-order valence-electron chi connectivity index (χ1n) is 12.5. The Morgan fingerprint density at radius 2 is 1.74 bits per heavy atom. The highest BCUT2D eigenvalue weighted by atomic mass is 16.5. The minimum Gasteiger partial charge on any atom is -0.497 e. The van der Waals surface area contributed by atoms with Crippen molar-refractivity contribution in [2.75, 3.05) is 12.0 Å². The number of aliphatic carboxylic acids is 1. The molecule has 3 aliphatic rings. The molecule has 1 aliphatic heterocycles. The van der Waals surface area contributed by atoms with Gasteiger partial charge in [-0.1, -0.05) is 36.8 Å². The molecule has 0 radical (unpaired) electrons. The number of benzene rings is 2. The third kappa shape index (κ3) is 4.64. The van der Waals surface area contributed by atoms with Crippen molar-refractivity contribution < 1.29 is 24.2 Å². The van der Waals surface area contributed by atoms with Gasteiger partial charge in [0.1, 0.15) is 5.75 Å². The highest BCUT2D eigenvalue weighted by Crippen LogP contribution is 2.52. The number of para-hydroxylation sites is 1. The lowest BCUT2D eigenvalue weighted by Gasteiger charge is -2.48. The van der Waals surface area contributed by atoms with Crippen LogP contribution in [-0.2, 0) is 20.8 Å². The van der Waals surface area contributed by atoms with Gasteiger partial charge in [-0.2, -0.15) is 0 Å². The number of carbonyl (C=O) groups excluding carboxylic acids is 2. The first-order valence-corrected chi connectivity index (χ1v) is 12.5. The van der Waals surface area contributed by atoms with Crippen molar-refractivity contribution in [3.63, 3.8) is 0 Å². The van der Waals surface area contributed by atoms with E-state index in [-0.39, 0.29) is 48.7 Å². The zero-order valence-corrected chi connectivity index (χ0v) is 20.1. The topological polar surface area (TPSA) is 87.2 Å². The van der Waals surface area contributed by atoms with Crippen molar-refractivity contribution in [2.45, 2.75) is 69.5 Å². The predicted octanol–water partition coefficient (Wildman–Crippen LogP) is 4.35. The first kappa shape index (κ1) is 23.4. The molecule has 0 saturated heterocycles. The van der Waals surface area contributed by atoms with Crippen LogP contribution in [0.4, 0.5) is 5.69 Å². The molecule has 0 spiro atoms. The van der Waals surface area contributed by atoms with Crippen LogP contribution in [0.3, 0.4) is 0 Å². The summed E-state index contributed by atoms with van der Waals surface area (Å²) in [7, 11) is 1.62. The number of carbonyl (C=O) groups is 3. The number of carboxylic acid groups (broad SMARTS) is 1. The maximum absolute atomic E-state index is 13.7. The first-order chi connectivity index (χ1) is 17.0. The summed E-state index contributed by atoms with van der Waals surface area (Å²) < 4.78 is 5.24. The second kappa shape index (κ2) is 9.72. The number of carboxylic acids is 1. The average molecular weight is 477 g/mol. The van der Waals surface area contributed by atoms with Crippen LogP contribution in [0.25, 0.3) is 0 Å². The molecule has 2 amide bonds. The van der Waals surface area contributed by atoms with Crippen LogP contribution in [0, 0.1) is 5.92 Å². The molecule has 5 rings (SSSR count). The summed E-state index contributed by atoms with van der Waals surface area (Å²) >= 11 is 0. The number of nitrogens with zero attached hydrogens (tertiary/aromatic N) is 2. The Morgan fingerprint density at radius 1 is 1.00 bits per heavy atom. The summed E-state index contributed by atoms with van der Waals surface area (Å²) in [6.45, 7) is 0. The van der Waals surface area contributed by atoms with Gasteiger partial charge in [0.2, 0.25) is 11.8 Å². The summed E-state index contributed by atoms with van der Waals surface area (Å²) in [5.41, 5.74) is 2.83. The summed E-state index contributed by atoms with van der Waals surface area (Å²) in [6, 6.07) is 15.7.